The highest BCUT2D eigenvalue weighted by Gasteiger charge is 2.11. The Hall–Kier alpha value is -3.42. The Morgan fingerprint density at radius 1 is 1.21 bits per heavy atom. The van der Waals surface area contributed by atoms with Gasteiger partial charge in [-0.2, -0.15) is 0 Å². The van der Waals surface area contributed by atoms with E-state index in [4.69, 9.17) is 5.11 Å². The number of imidazole rings is 1. The number of benzene rings is 1. The first kappa shape index (κ1) is 15.5. The van der Waals surface area contributed by atoms with Crippen LogP contribution < -0.4 is 10.6 Å². The Labute approximate surface area is 135 Å². The van der Waals surface area contributed by atoms with E-state index in [-0.39, 0.29) is 17.8 Å². The van der Waals surface area contributed by atoms with Gasteiger partial charge in [0.05, 0.1) is 5.69 Å². The lowest BCUT2D eigenvalue weighted by Crippen LogP contribution is -2.23. The lowest BCUT2D eigenvalue weighted by molar-refractivity contribution is 0.0950. The van der Waals surface area contributed by atoms with Crippen LogP contribution in [0.5, 0.6) is 0 Å². The molecular formula is C16H13FN4O3. The summed E-state index contributed by atoms with van der Waals surface area (Å²) in [5.74, 6) is -1.28. The monoisotopic (exact) mass is 328 g/mol. The second-order valence-corrected chi connectivity index (χ2v) is 5.04. The van der Waals surface area contributed by atoms with Crippen LogP contribution in [0.3, 0.4) is 0 Å². The van der Waals surface area contributed by atoms with Crippen LogP contribution in [0, 0.1) is 5.82 Å². The molecule has 0 saturated carbocycles. The summed E-state index contributed by atoms with van der Waals surface area (Å²) in [6, 6.07) is 7.21. The third kappa shape index (κ3) is 3.32. The first-order valence-electron chi connectivity index (χ1n) is 7.02. The van der Waals surface area contributed by atoms with Gasteiger partial charge in [0.2, 0.25) is 0 Å². The molecule has 3 rings (SSSR count). The molecule has 2 amide bonds. The highest BCUT2D eigenvalue weighted by molar-refractivity contribution is 5.95. The molecule has 1 aromatic carbocycles. The van der Waals surface area contributed by atoms with Crippen molar-refractivity contribution in [1.82, 2.24) is 14.7 Å². The van der Waals surface area contributed by atoms with Crippen molar-refractivity contribution in [3.63, 3.8) is 0 Å². The molecule has 3 N–H and O–H groups in total. The topological polar surface area (TPSA) is 95.7 Å². The highest BCUT2D eigenvalue weighted by atomic mass is 19.1. The lowest BCUT2D eigenvalue weighted by Gasteiger charge is -2.08. The van der Waals surface area contributed by atoms with Gasteiger partial charge in [0, 0.05) is 30.7 Å². The Kier molecular flexibility index (Phi) is 4.11. The molecule has 0 aliphatic rings. The molecule has 24 heavy (non-hydrogen) atoms. The summed E-state index contributed by atoms with van der Waals surface area (Å²) >= 11 is 0. The van der Waals surface area contributed by atoms with Crippen molar-refractivity contribution in [2.75, 3.05) is 5.32 Å². The molecule has 0 aliphatic heterocycles. The number of carboxylic acid groups (broad SMARTS) is 1. The summed E-state index contributed by atoms with van der Waals surface area (Å²) in [6.07, 6.45) is 3.94. The second-order valence-electron chi connectivity index (χ2n) is 5.04. The number of fused-ring (bicyclic) bond motifs is 1. The van der Waals surface area contributed by atoms with Crippen molar-refractivity contribution < 1.29 is 19.1 Å². The molecule has 0 spiro atoms. The third-order valence-electron chi connectivity index (χ3n) is 3.39. The van der Waals surface area contributed by atoms with Gasteiger partial charge >= 0.3 is 6.09 Å². The fourth-order valence-electron chi connectivity index (χ4n) is 2.22. The van der Waals surface area contributed by atoms with Crippen LogP contribution in [0.2, 0.25) is 0 Å². The SMILES string of the molecule is O=C(O)Nc1ccc(C(=O)NCc2ccn3ccnc3c2)cc1F. The average Bonchev–Trinajstić information content (AvgIpc) is 3.01. The Morgan fingerprint density at radius 3 is 2.79 bits per heavy atom. The number of pyridine rings is 1. The number of carbonyl (C=O) groups is 2. The molecular weight excluding hydrogens is 315 g/mol. The summed E-state index contributed by atoms with van der Waals surface area (Å²) in [6.45, 7) is 0.263. The molecule has 2 aromatic heterocycles. The van der Waals surface area contributed by atoms with Gasteiger partial charge in [-0.25, -0.2) is 14.2 Å². The molecule has 2 heterocycles. The molecule has 0 radical (unpaired) electrons. The van der Waals surface area contributed by atoms with Gasteiger partial charge in [-0.1, -0.05) is 0 Å². The maximum absolute atomic E-state index is 13.8. The maximum atomic E-state index is 13.8. The van der Waals surface area contributed by atoms with E-state index in [9.17, 15) is 14.0 Å². The van der Waals surface area contributed by atoms with E-state index in [0.29, 0.717) is 0 Å². The van der Waals surface area contributed by atoms with Crippen LogP contribution in [0.15, 0.2) is 48.9 Å². The zero-order valence-corrected chi connectivity index (χ0v) is 12.4. The molecule has 0 bridgehead atoms. The van der Waals surface area contributed by atoms with Crippen molar-refractivity contribution >= 4 is 23.3 Å². The number of aromatic nitrogens is 2. The average molecular weight is 328 g/mol. The number of nitrogens with one attached hydrogen (secondary N) is 2. The fourth-order valence-corrected chi connectivity index (χ4v) is 2.22. The number of amides is 2. The van der Waals surface area contributed by atoms with Crippen LogP contribution in [-0.4, -0.2) is 26.5 Å². The summed E-state index contributed by atoms with van der Waals surface area (Å²) in [5.41, 5.74) is 1.51. The molecule has 0 saturated heterocycles. The number of rotatable bonds is 4. The van der Waals surface area contributed by atoms with E-state index in [1.807, 2.05) is 34.2 Å². The van der Waals surface area contributed by atoms with Crippen molar-refractivity contribution in [2.45, 2.75) is 6.54 Å². The maximum Gasteiger partial charge on any atom is 0.409 e. The first-order chi connectivity index (χ1) is 11.5. The number of halogens is 1. The molecule has 0 fully saturated rings. The number of anilines is 1. The van der Waals surface area contributed by atoms with Crippen LogP contribution >= 0.6 is 0 Å². The van der Waals surface area contributed by atoms with E-state index >= 15 is 0 Å². The number of carbonyl (C=O) groups excluding carboxylic acids is 1. The van der Waals surface area contributed by atoms with E-state index in [1.165, 1.54) is 12.1 Å². The minimum atomic E-state index is -1.37. The quantitative estimate of drug-likeness (QED) is 0.685. The smallest absolute Gasteiger partial charge is 0.409 e. The van der Waals surface area contributed by atoms with Crippen molar-refractivity contribution in [2.24, 2.45) is 0 Å². The van der Waals surface area contributed by atoms with Crippen LogP contribution in [0.25, 0.3) is 5.65 Å². The zero-order chi connectivity index (χ0) is 17.1. The number of nitrogens with zero attached hydrogens (tertiary/aromatic N) is 2. The molecule has 122 valence electrons. The standard InChI is InChI=1S/C16H13FN4O3/c17-12-8-11(1-2-13(12)20-16(23)24)15(22)19-9-10-3-5-21-6-4-18-14(21)7-10/h1-8,20H,9H2,(H,19,22)(H,23,24). The van der Waals surface area contributed by atoms with E-state index in [2.05, 4.69) is 10.3 Å². The van der Waals surface area contributed by atoms with E-state index < -0.39 is 17.8 Å². The van der Waals surface area contributed by atoms with Gasteiger partial charge in [0.1, 0.15) is 11.5 Å². The number of hydrogen-bond acceptors (Lipinski definition) is 3. The Morgan fingerprint density at radius 2 is 2.04 bits per heavy atom. The minimum absolute atomic E-state index is 0.102. The molecule has 0 atom stereocenters. The first-order valence-corrected chi connectivity index (χ1v) is 7.02. The summed E-state index contributed by atoms with van der Waals surface area (Å²) < 4.78 is 15.6. The van der Waals surface area contributed by atoms with Crippen molar-refractivity contribution in [1.29, 1.82) is 0 Å². The third-order valence-corrected chi connectivity index (χ3v) is 3.39. The van der Waals surface area contributed by atoms with Crippen LogP contribution in [0.1, 0.15) is 15.9 Å². The summed E-state index contributed by atoms with van der Waals surface area (Å²) in [5, 5.41) is 13.2. The normalized spacial score (nSPS) is 10.5. The Balaban J connectivity index is 1.68. The van der Waals surface area contributed by atoms with Gasteiger partial charge in [-0.3, -0.25) is 10.1 Å². The van der Waals surface area contributed by atoms with Gasteiger partial charge < -0.3 is 14.8 Å². The summed E-state index contributed by atoms with van der Waals surface area (Å²) in [4.78, 5) is 26.7. The molecule has 0 unspecified atom stereocenters. The fraction of sp³-hybridized carbons (Fsp3) is 0.0625. The predicted molar refractivity (Wildman–Crippen MR) is 84.4 cm³/mol. The van der Waals surface area contributed by atoms with Crippen molar-refractivity contribution in [3.05, 3.63) is 65.9 Å². The molecule has 7 nitrogen and oxygen atoms in total. The van der Waals surface area contributed by atoms with Crippen LogP contribution in [-0.2, 0) is 6.54 Å². The lowest BCUT2D eigenvalue weighted by atomic mass is 10.1. The van der Waals surface area contributed by atoms with Gasteiger partial charge in [-0.15, -0.1) is 0 Å². The minimum Gasteiger partial charge on any atom is -0.465 e. The van der Waals surface area contributed by atoms with E-state index in [1.54, 1.807) is 6.20 Å². The molecule has 3 aromatic rings. The molecule has 0 aliphatic carbocycles. The number of hydrogen-bond donors (Lipinski definition) is 3. The van der Waals surface area contributed by atoms with Gasteiger partial charge in [0.15, 0.2) is 0 Å². The predicted octanol–water partition coefficient (Wildman–Crippen LogP) is 2.49. The Bertz CT molecular complexity index is 923. The van der Waals surface area contributed by atoms with E-state index in [0.717, 1.165) is 17.3 Å². The second kappa shape index (κ2) is 6.37. The van der Waals surface area contributed by atoms with Gasteiger partial charge in [0.25, 0.3) is 5.91 Å². The summed E-state index contributed by atoms with van der Waals surface area (Å²) in [7, 11) is 0. The highest BCUT2D eigenvalue weighted by Crippen LogP contribution is 2.16. The largest absolute Gasteiger partial charge is 0.465 e. The zero-order valence-electron chi connectivity index (χ0n) is 12.4. The van der Waals surface area contributed by atoms with Crippen LogP contribution in [0.4, 0.5) is 14.9 Å². The van der Waals surface area contributed by atoms with Crippen molar-refractivity contribution in [3.8, 4) is 0 Å². The molecule has 8 heteroatoms. The van der Waals surface area contributed by atoms with Gasteiger partial charge in [-0.05, 0) is 35.9 Å².